The Balaban J connectivity index is 2.02. The van der Waals surface area contributed by atoms with Crippen LogP contribution in [-0.4, -0.2) is 43.5 Å². The SMILES string of the molecule is COC1CN(CC(C)(C)C(=O)c2ccccc2)CCC1C. The highest BCUT2D eigenvalue weighted by Crippen LogP contribution is 2.27. The molecule has 0 spiro atoms. The standard InChI is InChI=1S/C18H27NO2/c1-14-10-11-19(12-16(14)21-4)13-18(2,3)17(20)15-8-6-5-7-9-15/h5-9,14,16H,10-13H2,1-4H3. The molecule has 1 heterocycles. The lowest BCUT2D eigenvalue weighted by molar-refractivity contribution is -0.0134. The Morgan fingerprint density at radius 1 is 1.33 bits per heavy atom. The number of ketones is 1. The highest BCUT2D eigenvalue weighted by molar-refractivity contribution is 6.00. The fourth-order valence-corrected chi connectivity index (χ4v) is 3.16. The van der Waals surface area contributed by atoms with Gasteiger partial charge in [0.25, 0.3) is 0 Å². The van der Waals surface area contributed by atoms with Gasteiger partial charge < -0.3 is 4.74 Å². The quantitative estimate of drug-likeness (QED) is 0.779. The fourth-order valence-electron chi connectivity index (χ4n) is 3.16. The molecule has 0 saturated carbocycles. The first-order valence-electron chi connectivity index (χ1n) is 7.79. The molecule has 2 unspecified atom stereocenters. The van der Waals surface area contributed by atoms with Crippen LogP contribution in [0.15, 0.2) is 30.3 Å². The Morgan fingerprint density at radius 3 is 2.62 bits per heavy atom. The largest absolute Gasteiger partial charge is 0.380 e. The lowest BCUT2D eigenvalue weighted by atomic mass is 9.82. The number of hydrogen-bond donors (Lipinski definition) is 0. The first kappa shape index (κ1) is 16.2. The number of benzene rings is 1. The summed E-state index contributed by atoms with van der Waals surface area (Å²) < 4.78 is 5.57. The van der Waals surface area contributed by atoms with Crippen LogP contribution in [0.4, 0.5) is 0 Å². The molecule has 2 atom stereocenters. The van der Waals surface area contributed by atoms with Crippen molar-refractivity contribution in [1.29, 1.82) is 0 Å². The maximum absolute atomic E-state index is 12.7. The summed E-state index contributed by atoms with van der Waals surface area (Å²) in [6.07, 6.45) is 1.41. The third-order valence-electron chi connectivity index (χ3n) is 4.55. The molecule has 3 heteroatoms. The number of ether oxygens (including phenoxy) is 1. The second-order valence-corrected chi connectivity index (χ2v) is 6.85. The summed E-state index contributed by atoms with van der Waals surface area (Å²) in [6, 6.07) is 9.60. The van der Waals surface area contributed by atoms with Gasteiger partial charge in [0.2, 0.25) is 0 Å². The number of methoxy groups -OCH3 is 1. The molecule has 1 aliphatic rings. The zero-order valence-corrected chi connectivity index (χ0v) is 13.6. The molecule has 116 valence electrons. The van der Waals surface area contributed by atoms with Gasteiger partial charge in [0, 0.05) is 31.2 Å². The molecule has 0 aromatic heterocycles. The zero-order valence-electron chi connectivity index (χ0n) is 13.6. The average Bonchev–Trinajstić information content (AvgIpc) is 2.49. The van der Waals surface area contributed by atoms with E-state index in [0.29, 0.717) is 5.92 Å². The van der Waals surface area contributed by atoms with E-state index >= 15 is 0 Å². The molecule has 2 rings (SSSR count). The summed E-state index contributed by atoms with van der Waals surface area (Å²) in [5, 5.41) is 0. The van der Waals surface area contributed by atoms with E-state index < -0.39 is 0 Å². The highest BCUT2D eigenvalue weighted by atomic mass is 16.5. The smallest absolute Gasteiger partial charge is 0.169 e. The maximum Gasteiger partial charge on any atom is 0.169 e. The second-order valence-electron chi connectivity index (χ2n) is 6.85. The molecule has 0 N–H and O–H groups in total. The van der Waals surface area contributed by atoms with Gasteiger partial charge in [-0.2, -0.15) is 0 Å². The van der Waals surface area contributed by atoms with Crippen molar-refractivity contribution in [1.82, 2.24) is 4.90 Å². The van der Waals surface area contributed by atoms with E-state index in [0.717, 1.165) is 31.6 Å². The number of rotatable bonds is 5. The number of carbonyl (C=O) groups is 1. The summed E-state index contributed by atoms with van der Waals surface area (Å²) in [6.45, 7) is 9.08. The molecule has 3 nitrogen and oxygen atoms in total. The lowest BCUT2D eigenvalue weighted by Crippen LogP contribution is -2.48. The molecule has 1 saturated heterocycles. The van der Waals surface area contributed by atoms with Crippen molar-refractivity contribution in [2.45, 2.75) is 33.3 Å². The van der Waals surface area contributed by atoms with E-state index in [1.165, 1.54) is 0 Å². The van der Waals surface area contributed by atoms with Crippen LogP contribution in [-0.2, 0) is 4.74 Å². The minimum Gasteiger partial charge on any atom is -0.380 e. The number of hydrogen-bond acceptors (Lipinski definition) is 3. The Morgan fingerprint density at radius 2 is 2.00 bits per heavy atom. The third kappa shape index (κ3) is 3.92. The topological polar surface area (TPSA) is 29.5 Å². The van der Waals surface area contributed by atoms with Crippen LogP contribution in [0.1, 0.15) is 37.6 Å². The van der Waals surface area contributed by atoms with Gasteiger partial charge in [-0.05, 0) is 18.9 Å². The van der Waals surface area contributed by atoms with E-state index in [4.69, 9.17) is 4.74 Å². The molecular weight excluding hydrogens is 262 g/mol. The van der Waals surface area contributed by atoms with Crippen molar-refractivity contribution >= 4 is 5.78 Å². The molecule has 1 aromatic carbocycles. The van der Waals surface area contributed by atoms with E-state index in [1.807, 2.05) is 44.2 Å². The summed E-state index contributed by atoms with van der Waals surface area (Å²) in [4.78, 5) is 15.1. The van der Waals surface area contributed by atoms with Crippen molar-refractivity contribution in [2.24, 2.45) is 11.3 Å². The highest BCUT2D eigenvalue weighted by Gasteiger charge is 2.34. The van der Waals surface area contributed by atoms with Crippen LogP contribution >= 0.6 is 0 Å². The van der Waals surface area contributed by atoms with E-state index in [-0.39, 0.29) is 17.3 Å². The van der Waals surface area contributed by atoms with Crippen LogP contribution in [0.5, 0.6) is 0 Å². The van der Waals surface area contributed by atoms with Crippen molar-refractivity contribution in [3.05, 3.63) is 35.9 Å². The summed E-state index contributed by atoms with van der Waals surface area (Å²) in [5.41, 5.74) is 0.427. The Kier molecular flexibility index (Phi) is 5.17. The van der Waals surface area contributed by atoms with Gasteiger partial charge in [-0.3, -0.25) is 9.69 Å². The van der Waals surface area contributed by atoms with Gasteiger partial charge >= 0.3 is 0 Å². The molecular formula is C18H27NO2. The number of piperidine rings is 1. The average molecular weight is 289 g/mol. The van der Waals surface area contributed by atoms with Crippen molar-refractivity contribution in [3.63, 3.8) is 0 Å². The van der Waals surface area contributed by atoms with Gasteiger partial charge in [0.05, 0.1) is 6.10 Å². The van der Waals surface area contributed by atoms with Gasteiger partial charge in [-0.25, -0.2) is 0 Å². The molecule has 0 radical (unpaired) electrons. The number of Topliss-reactive ketones (excluding diaryl/α,β-unsaturated/α-hetero) is 1. The Labute approximate surface area is 128 Å². The van der Waals surface area contributed by atoms with Crippen LogP contribution in [0.3, 0.4) is 0 Å². The summed E-state index contributed by atoms with van der Waals surface area (Å²) in [5.74, 6) is 0.815. The summed E-state index contributed by atoms with van der Waals surface area (Å²) >= 11 is 0. The summed E-state index contributed by atoms with van der Waals surface area (Å²) in [7, 11) is 1.78. The monoisotopic (exact) mass is 289 g/mol. The van der Waals surface area contributed by atoms with E-state index in [1.54, 1.807) is 7.11 Å². The molecule has 1 aliphatic heterocycles. The fraction of sp³-hybridized carbons (Fsp3) is 0.611. The predicted molar refractivity (Wildman–Crippen MR) is 85.6 cm³/mol. The van der Waals surface area contributed by atoms with Crippen LogP contribution in [0.25, 0.3) is 0 Å². The number of nitrogens with zero attached hydrogens (tertiary/aromatic N) is 1. The van der Waals surface area contributed by atoms with Crippen molar-refractivity contribution < 1.29 is 9.53 Å². The third-order valence-corrected chi connectivity index (χ3v) is 4.55. The normalized spacial score (nSPS) is 24.0. The number of likely N-dealkylation sites (tertiary alicyclic amines) is 1. The van der Waals surface area contributed by atoms with Crippen LogP contribution < -0.4 is 0 Å². The number of carbonyl (C=O) groups excluding carboxylic acids is 1. The van der Waals surface area contributed by atoms with Crippen LogP contribution in [0, 0.1) is 11.3 Å². The van der Waals surface area contributed by atoms with Crippen molar-refractivity contribution in [2.75, 3.05) is 26.7 Å². The van der Waals surface area contributed by atoms with Crippen LogP contribution in [0.2, 0.25) is 0 Å². The lowest BCUT2D eigenvalue weighted by Gasteiger charge is -2.39. The molecule has 1 fully saturated rings. The first-order valence-corrected chi connectivity index (χ1v) is 7.79. The minimum atomic E-state index is -0.375. The first-order chi connectivity index (χ1) is 9.94. The molecule has 1 aromatic rings. The second kappa shape index (κ2) is 6.71. The minimum absolute atomic E-state index is 0.218. The zero-order chi connectivity index (χ0) is 15.5. The Hall–Kier alpha value is -1.19. The van der Waals surface area contributed by atoms with Gasteiger partial charge in [-0.1, -0.05) is 51.1 Å². The van der Waals surface area contributed by atoms with Gasteiger partial charge in [0.1, 0.15) is 0 Å². The molecule has 0 aliphatic carbocycles. The van der Waals surface area contributed by atoms with Gasteiger partial charge in [0.15, 0.2) is 5.78 Å². The van der Waals surface area contributed by atoms with Gasteiger partial charge in [-0.15, -0.1) is 0 Å². The maximum atomic E-state index is 12.7. The molecule has 0 amide bonds. The Bertz CT molecular complexity index is 469. The predicted octanol–water partition coefficient (Wildman–Crippen LogP) is 3.25. The van der Waals surface area contributed by atoms with Crippen molar-refractivity contribution in [3.8, 4) is 0 Å². The van der Waals surface area contributed by atoms with E-state index in [9.17, 15) is 4.79 Å². The molecule has 21 heavy (non-hydrogen) atoms. The molecule has 0 bridgehead atoms. The van der Waals surface area contributed by atoms with E-state index in [2.05, 4.69) is 11.8 Å².